The maximum absolute atomic E-state index is 13.0. The second-order valence-electron chi connectivity index (χ2n) is 1.87. The number of hydrogen-bond acceptors (Lipinski definition) is 3. The van der Waals surface area contributed by atoms with Crippen LogP contribution in [0.4, 0.5) is 4.39 Å². The Balaban J connectivity index is 3.47. The van der Waals surface area contributed by atoms with E-state index in [0.717, 1.165) is 6.20 Å². The molecule has 0 aliphatic carbocycles. The van der Waals surface area contributed by atoms with E-state index in [4.69, 9.17) is 10.7 Å². The van der Waals surface area contributed by atoms with Gasteiger partial charge >= 0.3 is 0 Å². The van der Waals surface area contributed by atoms with Crippen LogP contribution < -0.4 is 0 Å². The Morgan fingerprint density at radius 3 is 2.50 bits per heavy atom. The number of halogens is 3. The van der Waals surface area contributed by atoms with Crippen molar-refractivity contribution < 1.29 is 12.8 Å². The van der Waals surface area contributed by atoms with Crippen molar-refractivity contribution in [3.05, 3.63) is 21.8 Å². The highest BCUT2D eigenvalue weighted by Gasteiger charge is 2.18. The second kappa shape index (κ2) is 3.43. The normalized spacial score (nSPS) is 11.6. The van der Waals surface area contributed by atoms with Gasteiger partial charge in [0.05, 0.1) is 3.57 Å². The quantitative estimate of drug-likeness (QED) is 0.585. The molecule has 0 aliphatic rings. The Morgan fingerprint density at radius 1 is 1.50 bits per heavy atom. The smallest absolute Gasteiger partial charge is 0.262 e. The summed E-state index contributed by atoms with van der Waals surface area (Å²) in [6.45, 7) is 0. The molecule has 1 heterocycles. The van der Waals surface area contributed by atoms with Crippen LogP contribution in [0.2, 0.25) is 0 Å². The predicted molar refractivity (Wildman–Crippen MR) is 50.0 cm³/mol. The first-order valence-corrected chi connectivity index (χ1v) is 6.05. The lowest BCUT2D eigenvalue weighted by atomic mass is 10.5. The highest BCUT2D eigenvalue weighted by molar-refractivity contribution is 14.1. The van der Waals surface area contributed by atoms with Crippen LogP contribution in [0.25, 0.3) is 0 Å². The zero-order chi connectivity index (χ0) is 9.35. The van der Waals surface area contributed by atoms with Gasteiger partial charge in [-0.1, -0.05) is 0 Å². The van der Waals surface area contributed by atoms with Crippen molar-refractivity contribution in [3.8, 4) is 0 Å². The fraction of sp³-hybridized carbons (Fsp3) is 0. The van der Waals surface area contributed by atoms with Crippen LogP contribution in [0.3, 0.4) is 0 Å². The molecule has 1 rings (SSSR count). The number of nitrogens with zero attached hydrogens (tertiary/aromatic N) is 1. The fourth-order valence-corrected chi connectivity index (χ4v) is 2.04. The van der Waals surface area contributed by atoms with Crippen LogP contribution in [-0.4, -0.2) is 13.4 Å². The second-order valence-corrected chi connectivity index (χ2v) is 5.57. The number of hydrogen-bond donors (Lipinski definition) is 0. The number of pyridine rings is 1. The Morgan fingerprint density at radius 2 is 2.08 bits per heavy atom. The average Bonchev–Trinajstić information content (AvgIpc) is 1.92. The maximum Gasteiger partial charge on any atom is 0.265 e. The van der Waals surface area contributed by atoms with Gasteiger partial charge in [-0.15, -0.1) is 0 Å². The molecule has 0 radical (unpaired) electrons. The van der Waals surface area contributed by atoms with E-state index in [1.165, 1.54) is 6.20 Å². The first-order valence-electron chi connectivity index (χ1n) is 2.66. The van der Waals surface area contributed by atoms with Gasteiger partial charge in [-0.3, -0.25) is 4.98 Å². The van der Waals surface area contributed by atoms with Crippen molar-refractivity contribution >= 4 is 42.3 Å². The van der Waals surface area contributed by atoms with E-state index in [2.05, 4.69) is 4.98 Å². The van der Waals surface area contributed by atoms with Gasteiger partial charge in [-0.25, -0.2) is 12.8 Å². The summed E-state index contributed by atoms with van der Waals surface area (Å²) in [4.78, 5) is 2.91. The first-order chi connectivity index (χ1) is 5.43. The van der Waals surface area contributed by atoms with E-state index >= 15 is 0 Å². The van der Waals surface area contributed by atoms with Crippen LogP contribution in [0, 0.1) is 9.39 Å². The molecule has 0 unspecified atom stereocenters. The number of aromatic nitrogens is 1. The SMILES string of the molecule is O=S(=O)(Cl)c1cncc(I)c1F. The third-order valence-corrected chi connectivity index (χ3v) is 3.13. The molecule has 0 saturated heterocycles. The Hall–Kier alpha value is 0.0500. The summed E-state index contributed by atoms with van der Waals surface area (Å²) in [7, 11) is 0.899. The van der Waals surface area contributed by atoms with Crippen LogP contribution in [0.5, 0.6) is 0 Å². The molecule has 7 heteroatoms. The zero-order valence-electron chi connectivity index (χ0n) is 5.46. The third kappa shape index (κ3) is 2.05. The predicted octanol–water partition coefficient (Wildman–Crippen LogP) is 1.75. The van der Waals surface area contributed by atoms with Gasteiger partial charge in [0, 0.05) is 23.1 Å². The maximum atomic E-state index is 13.0. The Kier molecular flexibility index (Phi) is 2.89. The van der Waals surface area contributed by atoms with Crippen LogP contribution in [0.15, 0.2) is 17.3 Å². The summed E-state index contributed by atoms with van der Waals surface area (Å²) in [6, 6.07) is 0. The van der Waals surface area contributed by atoms with Crippen LogP contribution >= 0.6 is 33.3 Å². The zero-order valence-corrected chi connectivity index (χ0v) is 9.19. The highest BCUT2D eigenvalue weighted by Crippen LogP contribution is 2.20. The third-order valence-electron chi connectivity index (χ3n) is 1.07. The summed E-state index contributed by atoms with van der Waals surface area (Å²) in [6.07, 6.45) is 2.08. The molecular formula is C5H2ClFINO2S. The van der Waals surface area contributed by atoms with Crippen molar-refractivity contribution in [1.29, 1.82) is 0 Å². The lowest BCUT2D eigenvalue weighted by molar-refractivity contribution is 0.567. The van der Waals surface area contributed by atoms with Crippen molar-refractivity contribution in [1.82, 2.24) is 4.98 Å². The molecule has 3 nitrogen and oxygen atoms in total. The van der Waals surface area contributed by atoms with E-state index in [-0.39, 0.29) is 3.57 Å². The molecule has 0 N–H and O–H groups in total. The number of rotatable bonds is 1. The van der Waals surface area contributed by atoms with Gasteiger partial charge in [0.25, 0.3) is 9.05 Å². The van der Waals surface area contributed by atoms with Gasteiger partial charge in [-0.2, -0.15) is 0 Å². The van der Waals surface area contributed by atoms with E-state index in [1.54, 1.807) is 22.6 Å². The molecule has 12 heavy (non-hydrogen) atoms. The molecule has 0 aliphatic heterocycles. The van der Waals surface area contributed by atoms with E-state index in [0.29, 0.717) is 0 Å². The van der Waals surface area contributed by atoms with Crippen LogP contribution in [-0.2, 0) is 9.05 Å². The minimum absolute atomic E-state index is 0.120. The lowest BCUT2D eigenvalue weighted by Crippen LogP contribution is -1.98. The van der Waals surface area contributed by atoms with Crippen molar-refractivity contribution in [2.45, 2.75) is 4.90 Å². The highest BCUT2D eigenvalue weighted by atomic mass is 127. The van der Waals surface area contributed by atoms with E-state index in [9.17, 15) is 12.8 Å². The Bertz CT molecular complexity index is 408. The minimum Gasteiger partial charge on any atom is -0.262 e. The monoisotopic (exact) mass is 321 g/mol. The largest absolute Gasteiger partial charge is 0.265 e. The van der Waals surface area contributed by atoms with E-state index < -0.39 is 19.8 Å². The van der Waals surface area contributed by atoms with E-state index in [1.807, 2.05) is 0 Å². The molecule has 0 spiro atoms. The summed E-state index contributed by atoms with van der Waals surface area (Å²) in [5, 5.41) is 0. The minimum atomic E-state index is -4.03. The summed E-state index contributed by atoms with van der Waals surface area (Å²) in [5.41, 5.74) is 0. The molecule has 1 aromatic rings. The first kappa shape index (κ1) is 10.1. The topological polar surface area (TPSA) is 47.0 Å². The van der Waals surface area contributed by atoms with Crippen molar-refractivity contribution in [2.24, 2.45) is 0 Å². The molecule has 66 valence electrons. The molecule has 0 fully saturated rings. The van der Waals surface area contributed by atoms with Gasteiger partial charge in [0.2, 0.25) is 0 Å². The summed E-state index contributed by atoms with van der Waals surface area (Å²) < 4.78 is 34.5. The van der Waals surface area contributed by atoms with Crippen molar-refractivity contribution in [2.75, 3.05) is 0 Å². The standard InChI is InChI=1S/C5H2ClFINO2S/c6-12(10,11)4-2-9-1-3(8)5(4)7/h1-2H. The fourth-order valence-electron chi connectivity index (χ4n) is 0.571. The average molecular weight is 321 g/mol. The Labute approximate surface area is 86.5 Å². The molecule has 0 bridgehead atoms. The summed E-state index contributed by atoms with van der Waals surface area (Å²) >= 11 is 1.63. The van der Waals surface area contributed by atoms with Crippen molar-refractivity contribution in [3.63, 3.8) is 0 Å². The molecule has 0 aromatic carbocycles. The lowest BCUT2D eigenvalue weighted by Gasteiger charge is -1.98. The van der Waals surface area contributed by atoms with Gasteiger partial charge in [0.15, 0.2) is 5.82 Å². The molecule has 0 amide bonds. The molecule has 0 atom stereocenters. The van der Waals surface area contributed by atoms with Crippen LogP contribution in [0.1, 0.15) is 0 Å². The molecule has 1 aromatic heterocycles. The molecule has 0 saturated carbocycles. The summed E-state index contributed by atoms with van der Waals surface area (Å²) in [5.74, 6) is -0.861. The molecular weight excluding hydrogens is 319 g/mol. The van der Waals surface area contributed by atoms with Gasteiger partial charge < -0.3 is 0 Å². The van der Waals surface area contributed by atoms with Gasteiger partial charge in [0.1, 0.15) is 4.90 Å². The van der Waals surface area contributed by atoms with Gasteiger partial charge in [-0.05, 0) is 22.6 Å².